The lowest BCUT2D eigenvalue weighted by Gasteiger charge is -2.20. The third-order valence-corrected chi connectivity index (χ3v) is 4.53. The Morgan fingerprint density at radius 2 is 1.80 bits per heavy atom. The van der Waals surface area contributed by atoms with Gasteiger partial charge in [0.05, 0.1) is 14.2 Å². The van der Waals surface area contributed by atoms with Crippen LogP contribution < -0.4 is 4.74 Å². The van der Waals surface area contributed by atoms with Crippen molar-refractivity contribution in [2.24, 2.45) is 0 Å². The van der Waals surface area contributed by atoms with Gasteiger partial charge in [0, 0.05) is 10.9 Å². The number of ketones is 1. The number of carbonyl (C=O) groups is 1. The van der Waals surface area contributed by atoms with Crippen LogP contribution in [0.2, 0.25) is 0 Å². The summed E-state index contributed by atoms with van der Waals surface area (Å²) < 4.78 is 10.5. The van der Waals surface area contributed by atoms with E-state index in [0.29, 0.717) is 17.1 Å². The first-order valence-corrected chi connectivity index (χ1v) is 7.87. The van der Waals surface area contributed by atoms with Gasteiger partial charge in [0.15, 0.2) is 17.3 Å². The highest BCUT2D eigenvalue weighted by atomic mass is 16.5. The summed E-state index contributed by atoms with van der Waals surface area (Å²) in [5.74, 6) is 0.598. The van der Waals surface area contributed by atoms with Crippen LogP contribution >= 0.6 is 0 Å². The summed E-state index contributed by atoms with van der Waals surface area (Å²) in [6.45, 7) is 0. The zero-order chi connectivity index (χ0) is 17.6. The van der Waals surface area contributed by atoms with Crippen LogP contribution in [0.1, 0.15) is 15.9 Å². The average molecular weight is 332 g/mol. The Morgan fingerprint density at radius 3 is 2.56 bits per heavy atom. The summed E-state index contributed by atoms with van der Waals surface area (Å²) in [4.78, 5) is 13.0. The van der Waals surface area contributed by atoms with Gasteiger partial charge < -0.3 is 14.6 Å². The van der Waals surface area contributed by atoms with Gasteiger partial charge in [0.25, 0.3) is 0 Å². The van der Waals surface area contributed by atoms with Gasteiger partial charge in [-0.25, -0.2) is 0 Å². The molecule has 0 aliphatic heterocycles. The number of allylic oxidation sites excluding steroid dienone is 1. The molecule has 0 saturated carbocycles. The highest BCUT2D eigenvalue weighted by Crippen LogP contribution is 2.40. The Hall–Kier alpha value is -3.27. The molecule has 0 saturated heterocycles. The molecule has 1 N–H and O–H groups in total. The summed E-state index contributed by atoms with van der Waals surface area (Å²) in [7, 11) is 3.00. The molecule has 0 aromatic heterocycles. The molecule has 0 heterocycles. The van der Waals surface area contributed by atoms with Crippen LogP contribution in [0.4, 0.5) is 0 Å². The molecule has 4 heteroatoms. The van der Waals surface area contributed by atoms with Gasteiger partial charge in [-0.1, -0.05) is 36.4 Å². The first-order chi connectivity index (χ1) is 12.1. The zero-order valence-corrected chi connectivity index (χ0v) is 13.9. The summed E-state index contributed by atoms with van der Waals surface area (Å²) in [6.07, 6.45) is 1.78. The number of benzene rings is 3. The van der Waals surface area contributed by atoms with Gasteiger partial charge >= 0.3 is 0 Å². The second-order valence-electron chi connectivity index (χ2n) is 5.86. The van der Waals surface area contributed by atoms with Crippen molar-refractivity contribution in [2.75, 3.05) is 14.2 Å². The molecule has 0 fully saturated rings. The minimum atomic E-state index is -0.145. The molecule has 3 aromatic rings. The molecular formula is C21H16O4. The van der Waals surface area contributed by atoms with E-state index in [1.807, 2.05) is 30.3 Å². The van der Waals surface area contributed by atoms with Crippen LogP contribution in [0.15, 0.2) is 54.3 Å². The molecule has 0 bridgehead atoms. The van der Waals surface area contributed by atoms with E-state index in [-0.39, 0.29) is 11.5 Å². The Labute approximate surface area is 144 Å². The van der Waals surface area contributed by atoms with Crippen LogP contribution in [-0.4, -0.2) is 25.1 Å². The Kier molecular flexibility index (Phi) is 3.46. The first-order valence-electron chi connectivity index (χ1n) is 7.87. The monoisotopic (exact) mass is 332 g/mol. The first kappa shape index (κ1) is 15.3. The van der Waals surface area contributed by atoms with Crippen molar-refractivity contribution in [2.45, 2.75) is 0 Å². The van der Waals surface area contributed by atoms with E-state index >= 15 is 0 Å². The second kappa shape index (κ2) is 5.67. The van der Waals surface area contributed by atoms with E-state index in [1.165, 1.54) is 14.2 Å². The van der Waals surface area contributed by atoms with Crippen LogP contribution in [0, 0.1) is 0 Å². The van der Waals surface area contributed by atoms with Crippen molar-refractivity contribution in [1.82, 2.24) is 0 Å². The normalized spacial score (nSPS) is 12.9. The van der Waals surface area contributed by atoms with Crippen LogP contribution in [0.25, 0.3) is 28.0 Å². The fourth-order valence-electron chi connectivity index (χ4n) is 3.33. The lowest BCUT2D eigenvalue weighted by molar-refractivity contribution is 0.0958. The maximum atomic E-state index is 13.0. The third kappa shape index (κ3) is 2.26. The van der Waals surface area contributed by atoms with Crippen LogP contribution in [0.5, 0.6) is 11.5 Å². The highest BCUT2D eigenvalue weighted by Gasteiger charge is 2.26. The SMILES string of the molecule is COC1=Cc2cccc3ccc(-c4ccc(O)c(OC)c4)c(c23)C1=O. The summed E-state index contributed by atoms with van der Waals surface area (Å²) in [5, 5.41) is 11.8. The number of rotatable bonds is 3. The Morgan fingerprint density at radius 1 is 0.960 bits per heavy atom. The number of Topliss-reactive ketones (excluding diaryl/α,β-unsaturated/α-hetero) is 1. The third-order valence-electron chi connectivity index (χ3n) is 4.53. The number of phenolic OH excluding ortho intramolecular Hbond substituents is 1. The fourth-order valence-corrected chi connectivity index (χ4v) is 3.33. The number of ether oxygens (including phenoxy) is 2. The van der Waals surface area contributed by atoms with E-state index in [4.69, 9.17) is 9.47 Å². The number of carbonyl (C=O) groups excluding carboxylic acids is 1. The van der Waals surface area contributed by atoms with E-state index in [2.05, 4.69) is 0 Å². The van der Waals surface area contributed by atoms with Gasteiger partial charge in [0.1, 0.15) is 0 Å². The average Bonchev–Trinajstić information content (AvgIpc) is 2.64. The summed E-state index contributed by atoms with van der Waals surface area (Å²) in [6, 6.07) is 14.9. The summed E-state index contributed by atoms with van der Waals surface area (Å²) in [5.41, 5.74) is 3.15. The molecule has 4 rings (SSSR count). The molecule has 4 nitrogen and oxygen atoms in total. The van der Waals surface area contributed by atoms with Crippen molar-refractivity contribution < 1.29 is 19.4 Å². The maximum Gasteiger partial charge on any atom is 0.228 e. The number of hydrogen-bond donors (Lipinski definition) is 1. The molecule has 1 aliphatic rings. The topological polar surface area (TPSA) is 55.8 Å². The molecule has 25 heavy (non-hydrogen) atoms. The Bertz CT molecular complexity index is 1050. The molecule has 0 radical (unpaired) electrons. The lowest BCUT2D eigenvalue weighted by atomic mass is 9.85. The van der Waals surface area contributed by atoms with E-state index in [0.717, 1.165) is 27.5 Å². The highest BCUT2D eigenvalue weighted by molar-refractivity contribution is 6.25. The zero-order valence-electron chi connectivity index (χ0n) is 13.9. The molecular weight excluding hydrogens is 316 g/mol. The molecule has 0 atom stereocenters. The van der Waals surface area contributed by atoms with Gasteiger partial charge in [0.2, 0.25) is 5.78 Å². The quantitative estimate of drug-likeness (QED) is 0.772. The van der Waals surface area contributed by atoms with Crippen molar-refractivity contribution >= 4 is 22.6 Å². The minimum Gasteiger partial charge on any atom is -0.504 e. The van der Waals surface area contributed by atoms with Crippen molar-refractivity contribution in [1.29, 1.82) is 0 Å². The van der Waals surface area contributed by atoms with Gasteiger partial charge in [-0.05, 0) is 40.3 Å². The second-order valence-corrected chi connectivity index (χ2v) is 5.86. The van der Waals surface area contributed by atoms with E-state index < -0.39 is 0 Å². The van der Waals surface area contributed by atoms with E-state index in [9.17, 15) is 9.90 Å². The van der Waals surface area contributed by atoms with Crippen molar-refractivity contribution in [3.63, 3.8) is 0 Å². The summed E-state index contributed by atoms with van der Waals surface area (Å²) >= 11 is 0. The van der Waals surface area contributed by atoms with Gasteiger partial charge in [-0.2, -0.15) is 0 Å². The molecule has 0 unspecified atom stereocenters. The predicted molar refractivity (Wildman–Crippen MR) is 96.9 cm³/mol. The number of aromatic hydroxyl groups is 1. The minimum absolute atomic E-state index is 0.0603. The van der Waals surface area contributed by atoms with Crippen molar-refractivity contribution in [3.8, 4) is 22.6 Å². The van der Waals surface area contributed by atoms with Crippen LogP contribution in [0.3, 0.4) is 0 Å². The van der Waals surface area contributed by atoms with Crippen LogP contribution in [-0.2, 0) is 4.74 Å². The largest absolute Gasteiger partial charge is 0.504 e. The Balaban J connectivity index is 2.05. The fraction of sp³-hybridized carbons (Fsp3) is 0.0952. The molecule has 0 amide bonds. The number of phenols is 1. The van der Waals surface area contributed by atoms with Crippen molar-refractivity contribution in [3.05, 3.63) is 65.4 Å². The standard InChI is InChI=1S/C21H16O4/c1-24-17-10-13(7-9-16(17)22)15-8-6-12-4-3-5-14-11-18(25-2)21(23)20(15)19(12)14/h3-11,22H,1-2H3. The number of methoxy groups -OCH3 is 2. The lowest BCUT2D eigenvalue weighted by Crippen LogP contribution is -2.12. The number of hydrogen-bond acceptors (Lipinski definition) is 4. The molecule has 124 valence electrons. The van der Waals surface area contributed by atoms with E-state index in [1.54, 1.807) is 24.3 Å². The molecule has 3 aromatic carbocycles. The predicted octanol–water partition coefficient (Wildman–Crippen LogP) is 4.40. The molecule has 1 aliphatic carbocycles. The molecule has 0 spiro atoms. The van der Waals surface area contributed by atoms with Gasteiger partial charge in [-0.3, -0.25) is 4.79 Å². The van der Waals surface area contributed by atoms with Gasteiger partial charge in [-0.15, -0.1) is 0 Å². The maximum absolute atomic E-state index is 13.0. The smallest absolute Gasteiger partial charge is 0.228 e.